The summed E-state index contributed by atoms with van der Waals surface area (Å²) in [6.07, 6.45) is 2.04. The Hall–Kier alpha value is -1.30. The van der Waals surface area contributed by atoms with Gasteiger partial charge in [-0.15, -0.1) is 0 Å². The topological polar surface area (TPSA) is 81.7 Å². The van der Waals surface area contributed by atoms with E-state index in [4.69, 9.17) is 0 Å². The van der Waals surface area contributed by atoms with E-state index in [9.17, 15) is 14.7 Å². The fraction of sp³-hybridized carbons (Fsp3) is 0.867. The minimum Gasteiger partial charge on any atom is -0.481 e. The highest BCUT2D eigenvalue weighted by atomic mass is 16.4. The van der Waals surface area contributed by atoms with Crippen LogP contribution < -0.4 is 10.6 Å². The van der Waals surface area contributed by atoms with Gasteiger partial charge in [-0.1, -0.05) is 6.92 Å². The van der Waals surface area contributed by atoms with Crippen LogP contribution in [-0.4, -0.2) is 53.2 Å². The summed E-state index contributed by atoms with van der Waals surface area (Å²) in [5.41, 5.74) is -1.89. The number of amides is 2. The lowest BCUT2D eigenvalue weighted by atomic mass is 9.74. The average Bonchev–Trinajstić information content (AvgIpc) is 2.37. The molecule has 0 spiro atoms. The van der Waals surface area contributed by atoms with Gasteiger partial charge in [-0.05, 0) is 53.6 Å². The summed E-state index contributed by atoms with van der Waals surface area (Å²) in [6, 6.07) is -0.167. The third kappa shape index (κ3) is 4.33. The summed E-state index contributed by atoms with van der Waals surface area (Å²) in [5, 5.41) is 15.1. The Morgan fingerprint density at radius 3 is 2.43 bits per heavy atom. The second kappa shape index (κ2) is 6.64. The van der Waals surface area contributed by atoms with E-state index in [2.05, 4.69) is 22.5 Å². The number of nitrogens with one attached hydrogen (secondary N) is 2. The minimum atomic E-state index is -1.05. The van der Waals surface area contributed by atoms with Crippen molar-refractivity contribution in [3.8, 4) is 0 Å². The van der Waals surface area contributed by atoms with Gasteiger partial charge in [0.25, 0.3) is 0 Å². The van der Waals surface area contributed by atoms with E-state index in [1.807, 2.05) is 0 Å². The molecule has 0 aromatic heterocycles. The Balaban J connectivity index is 2.58. The first-order chi connectivity index (χ1) is 9.60. The number of likely N-dealkylation sites (tertiary alicyclic amines) is 1. The van der Waals surface area contributed by atoms with E-state index < -0.39 is 16.9 Å². The lowest BCUT2D eigenvalue weighted by Crippen LogP contribution is -2.61. The molecule has 3 N–H and O–H groups in total. The molecule has 6 heteroatoms. The van der Waals surface area contributed by atoms with Gasteiger partial charge < -0.3 is 20.6 Å². The summed E-state index contributed by atoms with van der Waals surface area (Å²) >= 11 is 0. The Kier molecular flexibility index (Phi) is 5.61. The van der Waals surface area contributed by atoms with Crippen LogP contribution in [0.5, 0.6) is 0 Å². The maximum absolute atomic E-state index is 12.2. The summed E-state index contributed by atoms with van der Waals surface area (Å²) in [5.74, 6) is -0.928. The molecule has 0 radical (unpaired) electrons. The van der Waals surface area contributed by atoms with Crippen molar-refractivity contribution in [1.82, 2.24) is 15.5 Å². The number of hydrogen-bond donors (Lipinski definition) is 3. The highest BCUT2D eigenvalue weighted by Gasteiger charge is 2.44. The van der Waals surface area contributed by atoms with Crippen LogP contribution in [-0.2, 0) is 4.79 Å². The number of rotatable bonds is 5. The number of likely N-dealkylation sites (N-methyl/N-ethyl adjacent to an activating group) is 1. The molecular weight excluding hydrogens is 270 g/mol. The van der Waals surface area contributed by atoms with Crippen molar-refractivity contribution in [2.45, 2.75) is 59.0 Å². The van der Waals surface area contributed by atoms with Crippen molar-refractivity contribution < 1.29 is 14.7 Å². The molecule has 21 heavy (non-hydrogen) atoms. The van der Waals surface area contributed by atoms with Crippen LogP contribution in [0, 0.1) is 5.41 Å². The Morgan fingerprint density at radius 1 is 1.29 bits per heavy atom. The predicted molar refractivity (Wildman–Crippen MR) is 82.3 cm³/mol. The smallest absolute Gasteiger partial charge is 0.315 e. The molecular formula is C15H29N3O3. The Morgan fingerprint density at radius 2 is 1.90 bits per heavy atom. The van der Waals surface area contributed by atoms with Crippen molar-refractivity contribution in [3.63, 3.8) is 0 Å². The van der Waals surface area contributed by atoms with Crippen molar-refractivity contribution in [2.75, 3.05) is 19.6 Å². The quantitative estimate of drug-likeness (QED) is 0.721. The van der Waals surface area contributed by atoms with Gasteiger partial charge in [0.2, 0.25) is 0 Å². The third-order valence-electron chi connectivity index (χ3n) is 4.81. The molecule has 1 rings (SSSR count). The largest absolute Gasteiger partial charge is 0.481 e. The van der Waals surface area contributed by atoms with Gasteiger partial charge in [-0.3, -0.25) is 4.79 Å². The lowest BCUT2D eigenvalue weighted by Gasteiger charge is -2.39. The number of hydrogen-bond acceptors (Lipinski definition) is 3. The molecule has 1 atom stereocenters. The fourth-order valence-corrected chi connectivity index (χ4v) is 2.39. The number of carboxylic acid groups (broad SMARTS) is 1. The van der Waals surface area contributed by atoms with Gasteiger partial charge in [-0.2, -0.15) is 0 Å². The van der Waals surface area contributed by atoms with Crippen molar-refractivity contribution in [1.29, 1.82) is 0 Å². The molecule has 0 aliphatic carbocycles. The summed E-state index contributed by atoms with van der Waals surface area (Å²) in [6.45, 7) is 11.7. The van der Waals surface area contributed by atoms with Crippen LogP contribution in [0.1, 0.15) is 47.5 Å². The zero-order valence-electron chi connectivity index (χ0n) is 13.8. The lowest BCUT2D eigenvalue weighted by molar-refractivity contribution is -0.150. The van der Waals surface area contributed by atoms with E-state index in [1.54, 1.807) is 27.7 Å². The SMILES string of the molecule is CCN1CCCC(NC(=O)NC(C)(C)C(C)(C)C(=O)O)C1. The maximum Gasteiger partial charge on any atom is 0.315 e. The number of piperidine rings is 1. The number of carbonyl (C=O) groups is 2. The molecule has 1 heterocycles. The van der Waals surface area contributed by atoms with Crippen molar-refractivity contribution >= 4 is 12.0 Å². The highest BCUT2D eigenvalue weighted by molar-refractivity contribution is 5.79. The number of carboxylic acids is 1. The first kappa shape index (κ1) is 17.8. The molecule has 1 aliphatic heterocycles. The van der Waals surface area contributed by atoms with Crippen LogP contribution in [0.4, 0.5) is 4.79 Å². The Labute approximate surface area is 127 Å². The van der Waals surface area contributed by atoms with Gasteiger partial charge in [0.15, 0.2) is 0 Å². The molecule has 0 saturated carbocycles. The molecule has 1 aliphatic rings. The third-order valence-corrected chi connectivity index (χ3v) is 4.81. The van der Waals surface area contributed by atoms with E-state index in [0.717, 1.165) is 32.5 Å². The summed E-state index contributed by atoms with van der Waals surface area (Å²) < 4.78 is 0. The van der Waals surface area contributed by atoms with Crippen LogP contribution in [0.2, 0.25) is 0 Å². The summed E-state index contributed by atoms with van der Waals surface area (Å²) in [7, 11) is 0. The second-order valence-electron chi connectivity index (χ2n) is 6.89. The van der Waals surface area contributed by atoms with E-state index in [0.29, 0.717) is 0 Å². The molecule has 1 fully saturated rings. The van der Waals surface area contributed by atoms with Crippen molar-refractivity contribution in [3.05, 3.63) is 0 Å². The first-order valence-electron chi connectivity index (χ1n) is 7.64. The zero-order valence-corrected chi connectivity index (χ0v) is 13.8. The van der Waals surface area contributed by atoms with Gasteiger partial charge >= 0.3 is 12.0 Å². The monoisotopic (exact) mass is 299 g/mol. The molecule has 1 unspecified atom stereocenters. The van der Waals surface area contributed by atoms with Gasteiger partial charge in [-0.25, -0.2) is 4.79 Å². The number of carbonyl (C=O) groups excluding carboxylic acids is 1. The first-order valence-corrected chi connectivity index (χ1v) is 7.64. The second-order valence-corrected chi connectivity index (χ2v) is 6.89. The van der Waals surface area contributed by atoms with Crippen LogP contribution in [0.15, 0.2) is 0 Å². The molecule has 1 saturated heterocycles. The van der Waals surface area contributed by atoms with Crippen molar-refractivity contribution in [2.24, 2.45) is 5.41 Å². The van der Waals surface area contributed by atoms with E-state index in [1.165, 1.54) is 0 Å². The minimum absolute atomic E-state index is 0.127. The Bertz CT molecular complexity index is 394. The molecule has 0 aromatic carbocycles. The normalized spacial score (nSPS) is 20.9. The molecule has 6 nitrogen and oxygen atoms in total. The van der Waals surface area contributed by atoms with E-state index in [-0.39, 0.29) is 12.1 Å². The van der Waals surface area contributed by atoms with Crippen LogP contribution >= 0.6 is 0 Å². The maximum atomic E-state index is 12.2. The standard InChI is InChI=1S/C15H29N3O3/c1-6-18-9-7-8-11(10-18)16-13(21)17-15(4,5)14(2,3)12(19)20/h11H,6-10H2,1-5H3,(H,19,20)(H2,16,17,21). The molecule has 122 valence electrons. The summed E-state index contributed by atoms with van der Waals surface area (Å²) in [4.78, 5) is 25.8. The number of aliphatic carboxylic acids is 1. The predicted octanol–water partition coefficient (Wildman–Crippen LogP) is 1.66. The van der Waals surface area contributed by atoms with E-state index >= 15 is 0 Å². The highest BCUT2D eigenvalue weighted by Crippen LogP contribution is 2.30. The fourth-order valence-electron chi connectivity index (χ4n) is 2.39. The zero-order chi connectivity index (χ0) is 16.3. The molecule has 0 aromatic rings. The van der Waals surface area contributed by atoms with Gasteiger partial charge in [0.1, 0.15) is 0 Å². The molecule has 2 amide bonds. The van der Waals surface area contributed by atoms with Crippen LogP contribution in [0.3, 0.4) is 0 Å². The molecule has 0 bridgehead atoms. The number of urea groups is 1. The average molecular weight is 299 g/mol. The van der Waals surface area contributed by atoms with Gasteiger partial charge in [0, 0.05) is 12.6 Å². The number of nitrogens with zero attached hydrogens (tertiary/aromatic N) is 1. The van der Waals surface area contributed by atoms with Gasteiger partial charge in [0.05, 0.1) is 11.0 Å². The van der Waals surface area contributed by atoms with Crippen LogP contribution in [0.25, 0.3) is 0 Å².